The minimum atomic E-state index is -0.178. The van der Waals surface area contributed by atoms with Crippen LogP contribution in [0.1, 0.15) is 23.6 Å². The molecule has 3 heteroatoms. The molecule has 0 fully saturated rings. The first-order valence-electron chi connectivity index (χ1n) is 5.79. The van der Waals surface area contributed by atoms with Gasteiger partial charge in [0, 0.05) is 24.4 Å². The topological polar surface area (TPSA) is 24.9 Å². The second kappa shape index (κ2) is 4.17. The van der Waals surface area contributed by atoms with Crippen molar-refractivity contribution < 1.29 is 4.39 Å². The van der Waals surface area contributed by atoms with Gasteiger partial charge in [0.05, 0.1) is 5.69 Å². The predicted octanol–water partition coefficient (Wildman–Crippen LogP) is 3.17. The van der Waals surface area contributed by atoms with Crippen molar-refractivity contribution in [3.05, 3.63) is 59.7 Å². The lowest BCUT2D eigenvalue weighted by atomic mass is 9.88. The highest BCUT2D eigenvalue weighted by Crippen LogP contribution is 2.36. The highest BCUT2D eigenvalue weighted by molar-refractivity contribution is 5.57. The van der Waals surface area contributed by atoms with E-state index in [1.54, 1.807) is 12.3 Å². The number of hydrogen-bond donors (Lipinski definition) is 1. The monoisotopic (exact) mass is 228 g/mol. The van der Waals surface area contributed by atoms with Crippen LogP contribution in [0.15, 0.2) is 42.6 Å². The van der Waals surface area contributed by atoms with E-state index in [0.29, 0.717) is 5.69 Å². The maximum absolute atomic E-state index is 13.7. The van der Waals surface area contributed by atoms with Crippen LogP contribution in [0.4, 0.5) is 10.1 Å². The number of pyridine rings is 1. The molecule has 0 amide bonds. The second-order valence-corrected chi connectivity index (χ2v) is 4.23. The Morgan fingerprint density at radius 2 is 2.12 bits per heavy atom. The molecule has 0 radical (unpaired) electrons. The van der Waals surface area contributed by atoms with Crippen LogP contribution in [0.2, 0.25) is 0 Å². The molecular formula is C14H13FN2. The SMILES string of the molecule is Fc1cccc2c1NCCC2c1ccccn1. The standard InChI is InChI=1S/C14H13FN2/c15-12-5-3-4-11-10(7-9-17-14(11)12)13-6-1-2-8-16-13/h1-6,8,10,17H,7,9H2. The van der Waals surface area contributed by atoms with E-state index in [4.69, 9.17) is 0 Å². The maximum atomic E-state index is 13.7. The van der Waals surface area contributed by atoms with Crippen LogP contribution in [0.3, 0.4) is 0 Å². The molecule has 1 unspecified atom stereocenters. The van der Waals surface area contributed by atoms with E-state index < -0.39 is 0 Å². The van der Waals surface area contributed by atoms with Crippen LogP contribution in [0, 0.1) is 5.82 Å². The Hall–Kier alpha value is -1.90. The minimum Gasteiger partial charge on any atom is -0.382 e. The number of hydrogen-bond acceptors (Lipinski definition) is 2. The normalized spacial score (nSPS) is 18.3. The molecule has 0 saturated carbocycles. The van der Waals surface area contributed by atoms with Crippen molar-refractivity contribution in [1.82, 2.24) is 4.98 Å². The molecule has 0 bridgehead atoms. The Balaban J connectivity index is 2.09. The van der Waals surface area contributed by atoms with Crippen molar-refractivity contribution in [2.24, 2.45) is 0 Å². The molecule has 1 N–H and O–H groups in total. The number of rotatable bonds is 1. The van der Waals surface area contributed by atoms with Crippen LogP contribution in [-0.2, 0) is 0 Å². The summed E-state index contributed by atoms with van der Waals surface area (Å²) in [7, 11) is 0. The van der Waals surface area contributed by atoms with Gasteiger partial charge in [-0.25, -0.2) is 4.39 Å². The van der Waals surface area contributed by atoms with Gasteiger partial charge in [-0.3, -0.25) is 4.98 Å². The number of fused-ring (bicyclic) bond motifs is 1. The van der Waals surface area contributed by atoms with Gasteiger partial charge < -0.3 is 5.32 Å². The fraction of sp³-hybridized carbons (Fsp3) is 0.214. The van der Waals surface area contributed by atoms with E-state index in [1.165, 1.54) is 6.07 Å². The summed E-state index contributed by atoms with van der Waals surface area (Å²) >= 11 is 0. The van der Waals surface area contributed by atoms with Crippen molar-refractivity contribution in [2.75, 3.05) is 11.9 Å². The van der Waals surface area contributed by atoms with Gasteiger partial charge in [-0.05, 0) is 30.2 Å². The van der Waals surface area contributed by atoms with Crippen molar-refractivity contribution in [3.8, 4) is 0 Å². The summed E-state index contributed by atoms with van der Waals surface area (Å²) in [6.45, 7) is 0.787. The number of para-hydroxylation sites is 1. The number of anilines is 1. The zero-order chi connectivity index (χ0) is 11.7. The molecule has 2 aromatic rings. The van der Waals surface area contributed by atoms with Crippen molar-refractivity contribution in [3.63, 3.8) is 0 Å². The molecule has 1 atom stereocenters. The summed E-state index contributed by atoms with van der Waals surface area (Å²) in [5, 5.41) is 3.13. The van der Waals surface area contributed by atoms with E-state index in [2.05, 4.69) is 10.3 Å². The van der Waals surface area contributed by atoms with E-state index in [9.17, 15) is 4.39 Å². The van der Waals surface area contributed by atoms with Crippen molar-refractivity contribution in [2.45, 2.75) is 12.3 Å². The lowest BCUT2D eigenvalue weighted by molar-refractivity contribution is 0.612. The molecule has 1 aliphatic rings. The summed E-state index contributed by atoms with van der Waals surface area (Å²) < 4.78 is 13.7. The molecule has 1 aromatic heterocycles. The third-order valence-corrected chi connectivity index (χ3v) is 3.20. The molecule has 17 heavy (non-hydrogen) atoms. The summed E-state index contributed by atoms with van der Waals surface area (Å²) in [4.78, 5) is 4.38. The van der Waals surface area contributed by atoms with Gasteiger partial charge >= 0.3 is 0 Å². The molecule has 3 rings (SSSR count). The molecule has 2 heterocycles. The van der Waals surface area contributed by atoms with Crippen LogP contribution in [0.25, 0.3) is 0 Å². The third-order valence-electron chi connectivity index (χ3n) is 3.20. The van der Waals surface area contributed by atoms with Gasteiger partial charge in [-0.2, -0.15) is 0 Å². The summed E-state index contributed by atoms with van der Waals surface area (Å²) in [6.07, 6.45) is 2.74. The number of nitrogens with one attached hydrogen (secondary N) is 1. The molecule has 0 spiro atoms. The number of halogens is 1. The highest BCUT2D eigenvalue weighted by Gasteiger charge is 2.24. The largest absolute Gasteiger partial charge is 0.382 e. The number of nitrogens with zero attached hydrogens (tertiary/aromatic N) is 1. The van der Waals surface area contributed by atoms with Crippen LogP contribution in [-0.4, -0.2) is 11.5 Å². The van der Waals surface area contributed by atoms with Gasteiger partial charge in [-0.15, -0.1) is 0 Å². The Morgan fingerprint density at radius 1 is 1.18 bits per heavy atom. The molecule has 2 nitrogen and oxygen atoms in total. The van der Waals surface area contributed by atoms with Gasteiger partial charge in [0.1, 0.15) is 5.82 Å². The first kappa shape index (κ1) is 10.3. The van der Waals surface area contributed by atoms with Crippen LogP contribution in [0.5, 0.6) is 0 Å². The summed E-state index contributed by atoms with van der Waals surface area (Å²) in [6, 6.07) is 11.1. The Labute approximate surface area is 99.5 Å². The van der Waals surface area contributed by atoms with E-state index in [-0.39, 0.29) is 11.7 Å². The quantitative estimate of drug-likeness (QED) is 0.811. The van der Waals surface area contributed by atoms with E-state index in [1.807, 2.05) is 24.3 Å². The van der Waals surface area contributed by atoms with Gasteiger partial charge in [0.25, 0.3) is 0 Å². The first-order chi connectivity index (χ1) is 8.36. The maximum Gasteiger partial charge on any atom is 0.146 e. The number of benzene rings is 1. The lowest BCUT2D eigenvalue weighted by Gasteiger charge is -2.26. The molecule has 1 aromatic carbocycles. The predicted molar refractivity (Wildman–Crippen MR) is 65.6 cm³/mol. The average molecular weight is 228 g/mol. The average Bonchev–Trinajstić information content (AvgIpc) is 2.40. The second-order valence-electron chi connectivity index (χ2n) is 4.23. The fourth-order valence-electron chi connectivity index (χ4n) is 2.40. The molecule has 0 aliphatic carbocycles. The smallest absolute Gasteiger partial charge is 0.146 e. The van der Waals surface area contributed by atoms with Crippen molar-refractivity contribution >= 4 is 5.69 Å². The fourth-order valence-corrected chi connectivity index (χ4v) is 2.40. The lowest BCUT2D eigenvalue weighted by Crippen LogP contribution is -2.19. The van der Waals surface area contributed by atoms with Crippen molar-refractivity contribution in [1.29, 1.82) is 0 Å². The van der Waals surface area contributed by atoms with Gasteiger partial charge in [-0.1, -0.05) is 18.2 Å². The van der Waals surface area contributed by atoms with Crippen LogP contribution < -0.4 is 5.32 Å². The van der Waals surface area contributed by atoms with Gasteiger partial charge in [0.15, 0.2) is 0 Å². The third kappa shape index (κ3) is 1.78. The molecular weight excluding hydrogens is 215 g/mol. The summed E-state index contributed by atoms with van der Waals surface area (Å²) in [5.74, 6) is 0.0197. The van der Waals surface area contributed by atoms with Crippen LogP contribution >= 0.6 is 0 Å². The zero-order valence-corrected chi connectivity index (χ0v) is 9.36. The van der Waals surface area contributed by atoms with E-state index in [0.717, 1.165) is 24.2 Å². The van der Waals surface area contributed by atoms with E-state index >= 15 is 0 Å². The molecule has 86 valence electrons. The Morgan fingerprint density at radius 3 is 2.94 bits per heavy atom. The Bertz CT molecular complexity index is 525. The highest BCUT2D eigenvalue weighted by atomic mass is 19.1. The number of aromatic nitrogens is 1. The Kier molecular flexibility index (Phi) is 2.52. The van der Waals surface area contributed by atoms with Gasteiger partial charge in [0.2, 0.25) is 0 Å². The first-order valence-corrected chi connectivity index (χ1v) is 5.79. The molecule has 1 aliphatic heterocycles. The molecule has 0 saturated heterocycles. The summed E-state index contributed by atoms with van der Waals surface area (Å²) in [5.41, 5.74) is 2.66. The minimum absolute atomic E-state index is 0.178. The zero-order valence-electron chi connectivity index (χ0n) is 9.36.